The minimum Gasteiger partial charge on any atom is -0.323 e. The van der Waals surface area contributed by atoms with E-state index in [2.05, 4.69) is 10.3 Å². The number of amides is 2. The molecule has 0 radical (unpaired) electrons. The van der Waals surface area contributed by atoms with Crippen molar-refractivity contribution >= 4 is 27.5 Å². The van der Waals surface area contributed by atoms with E-state index in [9.17, 15) is 18.0 Å². The molecule has 0 unspecified atom stereocenters. The molecule has 1 atom stereocenters. The molecule has 0 saturated heterocycles. The van der Waals surface area contributed by atoms with Crippen molar-refractivity contribution in [3.8, 4) is 0 Å². The number of hydrogen-bond donors (Lipinski definition) is 1. The van der Waals surface area contributed by atoms with E-state index in [0.717, 1.165) is 0 Å². The van der Waals surface area contributed by atoms with Crippen molar-refractivity contribution in [2.75, 3.05) is 5.32 Å². The van der Waals surface area contributed by atoms with E-state index in [-0.39, 0.29) is 10.5 Å². The maximum atomic E-state index is 12.5. The fraction of sp³-hybridized carbons (Fsp3) is 0.133. The van der Waals surface area contributed by atoms with Crippen LogP contribution < -0.4 is 5.32 Å². The monoisotopic (exact) mass is 331 g/mol. The zero-order valence-corrected chi connectivity index (χ0v) is 12.9. The Morgan fingerprint density at radius 2 is 1.96 bits per heavy atom. The first kappa shape index (κ1) is 15.2. The maximum absolute atomic E-state index is 12.5. The molecule has 0 bridgehead atoms. The van der Waals surface area contributed by atoms with Gasteiger partial charge in [-0.15, -0.1) is 0 Å². The Kier molecular flexibility index (Phi) is 3.61. The maximum Gasteiger partial charge on any atom is 0.269 e. The molecule has 3 rings (SSSR count). The van der Waals surface area contributed by atoms with Gasteiger partial charge in [0.2, 0.25) is 5.91 Å². The van der Waals surface area contributed by atoms with Crippen molar-refractivity contribution in [1.29, 1.82) is 0 Å². The third kappa shape index (κ3) is 2.46. The smallest absolute Gasteiger partial charge is 0.269 e. The quantitative estimate of drug-likeness (QED) is 0.913. The molecule has 0 fully saturated rings. The van der Waals surface area contributed by atoms with Crippen LogP contribution >= 0.6 is 0 Å². The number of nitrogens with one attached hydrogen (secondary N) is 1. The highest BCUT2D eigenvalue weighted by molar-refractivity contribution is 7.90. The fourth-order valence-electron chi connectivity index (χ4n) is 2.38. The van der Waals surface area contributed by atoms with Gasteiger partial charge in [-0.05, 0) is 31.2 Å². The van der Waals surface area contributed by atoms with Gasteiger partial charge in [0.05, 0.1) is 17.4 Å². The van der Waals surface area contributed by atoms with E-state index in [1.165, 1.54) is 31.3 Å². The largest absolute Gasteiger partial charge is 0.323 e. The van der Waals surface area contributed by atoms with Crippen LogP contribution in [0.25, 0.3) is 0 Å². The molecule has 1 aromatic carbocycles. The van der Waals surface area contributed by atoms with Gasteiger partial charge in [0.15, 0.2) is 0 Å². The van der Waals surface area contributed by atoms with Crippen LogP contribution in [0.5, 0.6) is 0 Å². The van der Waals surface area contributed by atoms with Gasteiger partial charge in [-0.2, -0.15) is 0 Å². The summed E-state index contributed by atoms with van der Waals surface area (Å²) in [6, 6.07) is 7.97. The molecule has 7 nitrogen and oxygen atoms in total. The van der Waals surface area contributed by atoms with Crippen molar-refractivity contribution in [2.45, 2.75) is 17.9 Å². The normalized spacial score (nSPS) is 16.7. The number of carbonyl (C=O) groups excluding carboxylic acids is 2. The minimum absolute atomic E-state index is 0.0773. The van der Waals surface area contributed by atoms with Crippen molar-refractivity contribution in [3.05, 3.63) is 54.4 Å². The molecular formula is C15H13N3O4S. The van der Waals surface area contributed by atoms with E-state index < -0.39 is 27.9 Å². The van der Waals surface area contributed by atoms with Crippen LogP contribution in [-0.2, 0) is 14.8 Å². The standard InChI is InChI=1S/C15H13N3O4S/c1-10(14(19)17-11-5-4-8-16-9-11)18-15(20)12-6-2-3-7-13(12)23(18,21)22/h2-10H,1H3,(H,17,19)/t10-/m1/s1. The molecule has 8 heteroatoms. The van der Waals surface area contributed by atoms with Crippen LogP contribution in [0.4, 0.5) is 5.69 Å². The Bertz CT molecular complexity index is 881. The van der Waals surface area contributed by atoms with E-state index in [4.69, 9.17) is 0 Å². The summed E-state index contributed by atoms with van der Waals surface area (Å²) in [5.74, 6) is -1.31. The van der Waals surface area contributed by atoms with Crippen LogP contribution in [0.15, 0.2) is 53.7 Å². The highest BCUT2D eigenvalue weighted by atomic mass is 32.2. The summed E-state index contributed by atoms with van der Waals surface area (Å²) in [6.07, 6.45) is 2.98. The second-order valence-electron chi connectivity index (χ2n) is 5.01. The molecule has 2 aromatic rings. The summed E-state index contributed by atoms with van der Waals surface area (Å²) >= 11 is 0. The molecule has 0 spiro atoms. The Morgan fingerprint density at radius 1 is 1.22 bits per heavy atom. The molecule has 1 aliphatic heterocycles. The van der Waals surface area contributed by atoms with Gasteiger partial charge in [0, 0.05) is 6.20 Å². The number of benzene rings is 1. The lowest BCUT2D eigenvalue weighted by Crippen LogP contribution is -2.45. The molecule has 118 valence electrons. The molecule has 2 heterocycles. The fourth-order valence-corrected chi connectivity index (χ4v) is 4.10. The van der Waals surface area contributed by atoms with Crippen molar-refractivity contribution in [1.82, 2.24) is 9.29 Å². The zero-order valence-electron chi connectivity index (χ0n) is 12.1. The van der Waals surface area contributed by atoms with Gasteiger partial charge in [-0.25, -0.2) is 12.7 Å². The molecule has 23 heavy (non-hydrogen) atoms. The van der Waals surface area contributed by atoms with Gasteiger partial charge < -0.3 is 5.32 Å². The van der Waals surface area contributed by atoms with Crippen molar-refractivity contribution in [2.24, 2.45) is 0 Å². The number of pyridine rings is 1. The van der Waals surface area contributed by atoms with E-state index >= 15 is 0 Å². The van der Waals surface area contributed by atoms with E-state index in [1.807, 2.05) is 0 Å². The topological polar surface area (TPSA) is 96.4 Å². The predicted molar refractivity (Wildman–Crippen MR) is 82.1 cm³/mol. The van der Waals surface area contributed by atoms with Gasteiger partial charge in [0.1, 0.15) is 10.9 Å². The third-order valence-electron chi connectivity index (χ3n) is 3.51. The summed E-state index contributed by atoms with van der Waals surface area (Å²) in [7, 11) is -4.02. The Balaban J connectivity index is 1.90. The average molecular weight is 331 g/mol. The molecule has 1 aliphatic rings. The van der Waals surface area contributed by atoms with E-state index in [1.54, 1.807) is 24.4 Å². The molecule has 0 saturated carbocycles. The molecule has 1 N–H and O–H groups in total. The summed E-state index contributed by atoms with van der Waals surface area (Å²) in [6.45, 7) is 1.37. The first-order chi connectivity index (χ1) is 10.9. The molecule has 0 aliphatic carbocycles. The van der Waals surface area contributed by atoms with Gasteiger partial charge in [-0.1, -0.05) is 12.1 Å². The average Bonchev–Trinajstić information content (AvgIpc) is 2.75. The van der Waals surface area contributed by atoms with Crippen LogP contribution in [0.1, 0.15) is 17.3 Å². The Hall–Kier alpha value is -2.74. The molecule has 2 amide bonds. The Morgan fingerprint density at radius 3 is 2.61 bits per heavy atom. The van der Waals surface area contributed by atoms with Crippen LogP contribution in [0, 0.1) is 0 Å². The summed E-state index contributed by atoms with van der Waals surface area (Å²) < 4.78 is 25.6. The summed E-state index contributed by atoms with van der Waals surface area (Å²) in [4.78, 5) is 28.4. The lowest BCUT2D eigenvalue weighted by Gasteiger charge is -2.22. The number of hydrogen-bond acceptors (Lipinski definition) is 5. The number of anilines is 1. The lowest BCUT2D eigenvalue weighted by molar-refractivity contribution is -0.118. The minimum atomic E-state index is -4.02. The number of nitrogens with zero attached hydrogens (tertiary/aromatic N) is 2. The van der Waals surface area contributed by atoms with Gasteiger partial charge in [-0.3, -0.25) is 14.6 Å². The second kappa shape index (κ2) is 5.47. The highest BCUT2D eigenvalue weighted by Gasteiger charge is 2.45. The molecule has 1 aromatic heterocycles. The summed E-state index contributed by atoms with van der Waals surface area (Å²) in [5, 5.41) is 2.54. The van der Waals surface area contributed by atoms with Crippen LogP contribution in [0.2, 0.25) is 0 Å². The number of sulfonamides is 1. The highest BCUT2D eigenvalue weighted by Crippen LogP contribution is 2.31. The van der Waals surface area contributed by atoms with Crippen LogP contribution in [0.3, 0.4) is 0 Å². The van der Waals surface area contributed by atoms with Crippen molar-refractivity contribution in [3.63, 3.8) is 0 Å². The number of fused-ring (bicyclic) bond motifs is 1. The van der Waals surface area contributed by atoms with E-state index in [0.29, 0.717) is 9.99 Å². The zero-order chi connectivity index (χ0) is 16.6. The summed E-state index contributed by atoms with van der Waals surface area (Å²) in [5.41, 5.74) is 0.499. The predicted octanol–water partition coefficient (Wildman–Crippen LogP) is 1.25. The number of carbonyl (C=O) groups is 2. The number of rotatable bonds is 3. The van der Waals surface area contributed by atoms with Crippen LogP contribution in [-0.4, -0.2) is 35.6 Å². The van der Waals surface area contributed by atoms with Gasteiger partial charge in [0.25, 0.3) is 15.9 Å². The second-order valence-corrected chi connectivity index (χ2v) is 6.79. The first-order valence-corrected chi connectivity index (χ1v) is 8.25. The van der Waals surface area contributed by atoms with Crippen molar-refractivity contribution < 1.29 is 18.0 Å². The molecular weight excluding hydrogens is 318 g/mol. The Labute approximate surface area is 133 Å². The van der Waals surface area contributed by atoms with Gasteiger partial charge >= 0.3 is 0 Å². The first-order valence-electron chi connectivity index (χ1n) is 6.81. The third-order valence-corrected chi connectivity index (χ3v) is 5.43. The lowest BCUT2D eigenvalue weighted by atomic mass is 10.2. The number of aromatic nitrogens is 1. The SMILES string of the molecule is C[C@H](C(=O)Nc1cccnc1)N1C(=O)c2ccccc2S1(=O)=O.